The van der Waals surface area contributed by atoms with Crippen LogP contribution in [0.15, 0.2) is 77.7 Å². The van der Waals surface area contributed by atoms with E-state index >= 15 is 0 Å². The molecule has 0 spiro atoms. The van der Waals surface area contributed by atoms with Crippen molar-refractivity contribution in [2.75, 3.05) is 14.2 Å². The number of hydrogen-bond donors (Lipinski definition) is 0. The number of aromatic nitrogens is 3. The van der Waals surface area contributed by atoms with Gasteiger partial charge < -0.3 is 14.2 Å². The topological polar surface area (TPSA) is 86.4 Å². The normalized spacial score (nSPS) is 11.0. The zero-order valence-electron chi connectivity index (χ0n) is 20.6. The summed E-state index contributed by atoms with van der Waals surface area (Å²) in [6.45, 7) is 14.3. The number of methoxy groups -OCH3 is 2. The molecule has 9 heteroatoms. The Morgan fingerprint density at radius 2 is 1.83 bits per heavy atom. The first-order valence-corrected chi connectivity index (χ1v) is 10.8. The van der Waals surface area contributed by atoms with Crippen LogP contribution < -0.4 is 9.47 Å². The number of rotatable bonds is 11. The lowest BCUT2D eigenvalue weighted by Crippen LogP contribution is -2.13. The van der Waals surface area contributed by atoms with Gasteiger partial charge >= 0.3 is 0 Å². The van der Waals surface area contributed by atoms with Crippen molar-refractivity contribution < 1.29 is 14.2 Å². The molecule has 2 heterocycles. The number of ether oxygens (including phenoxy) is 3. The van der Waals surface area contributed by atoms with E-state index in [-0.39, 0.29) is 6.61 Å². The lowest BCUT2D eigenvalue weighted by Gasteiger charge is -2.18. The van der Waals surface area contributed by atoms with Crippen molar-refractivity contribution in [1.82, 2.24) is 19.8 Å². The van der Waals surface area contributed by atoms with Gasteiger partial charge in [0.2, 0.25) is 11.8 Å². The van der Waals surface area contributed by atoms with E-state index in [2.05, 4.69) is 40.1 Å². The van der Waals surface area contributed by atoms with Gasteiger partial charge in [-0.15, -0.1) is 0 Å². The molecule has 0 saturated heterocycles. The first-order chi connectivity index (χ1) is 16.9. The summed E-state index contributed by atoms with van der Waals surface area (Å²) in [4.78, 5) is 8.79. The average molecular weight is 475 g/mol. The average Bonchev–Trinajstić information content (AvgIpc) is 3.24. The lowest BCUT2D eigenvalue weighted by molar-refractivity contribution is 0.291. The number of hydrogen-bond acceptors (Lipinski definition) is 8. The first-order valence-electron chi connectivity index (χ1n) is 10.8. The molecule has 0 atom stereocenters. The maximum atomic E-state index is 5.89. The van der Waals surface area contributed by atoms with Gasteiger partial charge in [0.25, 0.3) is 0 Å². The summed E-state index contributed by atoms with van der Waals surface area (Å²) in [5, 5.41) is 10.1. The van der Waals surface area contributed by atoms with E-state index in [0.29, 0.717) is 35.3 Å². The second-order valence-electron chi connectivity index (χ2n) is 7.65. The number of aryl methyl sites for hydroxylation is 1. The number of allylic oxidation sites excluding steroid dienone is 1. The molecule has 0 N–H and O–H groups in total. The fourth-order valence-corrected chi connectivity index (χ4v) is 3.22. The molecule has 35 heavy (non-hydrogen) atoms. The number of benzene rings is 1. The van der Waals surface area contributed by atoms with Gasteiger partial charge in [-0.1, -0.05) is 37.4 Å². The minimum atomic E-state index is 0.250. The van der Waals surface area contributed by atoms with Gasteiger partial charge in [-0.05, 0) is 24.1 Å². The molecule has 0 unspecified atom stereocenters. The van der Waals surface area contributed by atoms with Crippen LogP contribution in [-0.2, 0) is 24.9 Å². The summed E-state index contributed by atoms with van der Waals surface area (Å²) >= 11 is 0. The van der Waals surface area contributed by atoms with Gasteiger partial charge in [-0.3, -0.25) is 9.69 Å². The molecular formula is C26H30N6O3. The highest BCUT2D eigenvalue weighted by molar-refractivity contribution is 5.98. The van der Waals surface area contributed by atoms with E-state index in [1.165, 1.54) is 0 Å². The lowest BCUT2D eigenvalue weighted by atomic mass is 10.1. The maximum Gasteiger partial charge on any atom is 0.224 e. The number of hydrazone groups is 1. The van der Waals surface area contributed by atoms with Gasteiger partial charge in [0, 0.05) is 25.5 Å². The molecule has 0 bridgehead atoms. The van der Waals surface area contributed by atoms with Crippen LogP contribution in [0.25, 0.3) is 5.70 Å². The summed E-state index contributed by atoms with van der Waals surface area (Å²) in [6.07, 6.45) is 3.30. The number of aliphatic imine (C=N–C) groups is 1. The molecule has 182 valence electrons. The Kier molecular flexibility index (Phi) is 8.39. The Morgan fingerprint density at radius 1 is 1.09 bits per heavy atom. The monoisotopic (exact) mass is 474 g/mol. The van der Waals surface area contributed by atoms with Crippen molar-refractivity contribution in [2.45, 2.75) is 20.1 Å². The van der Waals surface area contributed by atoms with Crippen LogP contribution in [0, 0.1) is 0 Å². The molecule has 0 aliphatic carbocycles. The van der Waals surface area contributed by atoms with E-state index in [4.69, 9.17) is 14.2 Å². The Labute approximate surface area is 205 Å². The minimum absolute atomic E-state index is 0.250. The standard InChI is InChI=1S/C26H30N6O3/c1-18(2)32(27-4)16-20-8-10-21(11-9-20)19(3)30-26(34-7)23-15-29-31(5)24(23)17-35-22-12-13-25(33-6)28-14-22/h8-15H,1,3-4,16-17H2,2,5-7H3. The summed E-state index contributed by atoms with van der Waals surface area (Å²) in [7, 11) is 4.96. The molecule has 0 fully saturated rings. The van der Waals surface area contributed by atoms with Crippen LogP contribution in [0.1, 0.15) is 29.3 Å². The molecular weight excluding hydrogens is 444 g/mol. The van der Waals surface area contributed by atoms with E-state index < -0.39 is 0 Å². The smallest absolute Gasteiger partial charge is 0.224 e. The van der Waals surface area contributed by atoms with E-state index in [1.807, 2.05) is 38.2 Å². The van der Waals surface area contributed by atoms with Crippen molar-refractivity contribution in [2.24, 2.45) is 17.1 Å². The van der Waals surface area contributed by atoms with Crippen LogP contribution >= 0.6 is 0 Å². The highest BCUT2D eigenvalue weighted by atomic mass is 16.5. The molecule has 9 nitrogen and oxygen atoms in total. The molecule has 3 rings (SSSR count). The van der Waals surface area contributed by atoms with Gasteiger partial charge in [0.05, 0.1) is 50.1 Å². The Morgan fingerprint density at radius 3 is 2.40 bits per heavy atom. The largest absolute Gasteiger partial charge is 0.486 e. The second kappa shape index (κ2) is 11.6. The zero-order valence-corrected chi connectivity index (χ0v) is 20.6. The Hall–Kier alpha value is -4.40. The highest BCUT2D eigenvalue weighted by Gasteiger charge is 2.17. The van der Waals surface area contributed by atoms with Crippen LogP contribution in [0.5, 0.6) is 11.6 Å². The maximum absolute atomic E-state index is 5.89. The number of nitrogens with zero attached hydrogens (tertiary/aromatic N) is 6. The van der Waals surface area contributed by atoms with E-state index in [0.717, 1.165) is 22.5 Å². The van der Waals surface area contributed by atoms with Crippen molar-refractivity contribution in [3.8, 4) is 11.6 Å². The molecule has 1 aromatic carbocycles. The molecule has 0 radical (unpaired) electrons. The SMILES string of the molecule is C=NN(Cc1ccc(C(=C)N=C(OC)c2cnn(C)c2COc2ccc(OC)nc2)cc1)C(=C)C. The fourth-order valence-electron chi connectivity index (χ4n) is 3.22. The molecule has 2 aromatic heterocycles. The Bertz CT molecular complexity index is 1210. The van der Waals surface area contributed by atoms with Crippen molar-refractivity contribution >= 4 is 18.3 Å². The summed E-state index contributed by atoms with van der Waals surface area (Å²) in [5.41, 5.74) is 4.81. The molecule has 0 aliphatic rings. The molecule has 0 amide bonds. The molecule has 0 aliphatic heterocycles. The van der Waals surface area contributed by atoms with Crippen molar-refractivity contribution in [1.29, 1.82) is 0 Å². The predicted octanol–water partition coefficient (Wildman–Crippen LogP) is 4.42. The van der Waals surface area contributed by atoms with Crippen LogP contribution in [0.4, 0.5) is 0 Å². The predicted molar refractivity (Wildman–Crippen MR) is 137 cm³/mol. The third-order valence-electron chi connectivity index (χ3n) is 5.25. The highest BCUT2D eigenvalue weighted by Crippen LogP contribution is 2.21. The molecule has 0 saturated carbocycles. The fraction of sp³-hybridized carbons (Fsp3) is 0.231. The van der Waals surface area contributed by atoms with Crippen molar-refractivity contribution in [3.63, 3.8) is 0 Å². The molecule has 3 aromatic rings. The Balaban J connectivity index is 1.76. The van der Waals surface area contributed by atoms with Crippen LogP contribution in [0.3, 0.4) is 0 Å². The third kappa shape index (κ3) is 6.35. The van der Waals surface area contributed by atoms with Crippen LogP contribution in [0.2, 0.25) is 0 Å². The van der Waals surface area contributed by atoms with E-state index in [9.17, 15) is 0 Å². The summed E-state index contributed by atoms with van der Waals surface area (Å²) < 4.78 is 18.3. The second-order valence-corrected chi connectivity index (χ2v) is 7.65. The quantitative estimate of drug-likeness (QED) is 0.232. The summed E-state index contributed by atoms with van der Waals surface area (Å²) in [6, 6.07) is 11.4. The van der Waals surface area contributed by atoms with Gasteiger partial charge in [-0.25, -0.2) is 9.98 Å². The summed E-state index contributed by atoms with van der Waals surface area (Å²) in [5.74, 6) is 1.52. The van der Waals surface area contributed by atoms with Gasteiger partial charge in [0.15, 0.2) is 0 Å². The van der Waals surface area contributed by atoms with Crippen LogP contribution in [-0.4, -0.2) is 46.6 Å². The van der Waals surface area contributed by atoms with Gasteiger partial charge in [-0.2, -0.15) is 10.2 Å². The van der Waals surface area contributed by atoms with E-state index in [1.54, 1.807) is 48.4 Å². The first kappa shape index (κ1) is 25.2. The third-order valence-corrected chi connectivity index (χ3v) is 5.25. The van der Waals surface area contributed by atoms with Gasteiger partial charge in [0.1, 0.15) is 12.4 Å². The van der Waals surface area contributed by atoms with Crippen molar-refractivity contribution in [3.05, 3.63) is 90.0 Å². The minimum Gasteiger partial charge on any atom is -0.486 e. The zero-order chi connectivity index (χ0) is 25.4. The number of pyridine rings is 1.